The molecule has 4 nitrogen and oxygen atoms in total. The van der Waals surface area contributed by atoms with Gasteiger partial charge in [0.25, 0.3) is 5.91 Å². The third-order valence-electron chi connectivity index (χ3n) is 3.42. The van der Waals surface area contributed by atoms with E-state index < -0.39 is 0 Å². The summed E-state index contributed by atoms with van der Waals surface area (Å²) in [7, 11) is 1.68. The maximum Gasteiger partial charge on any atom is 0.251 e. The summed E-state index contributed by atoms with van der Waals surface area (Å²) in [5, 5.41) is 6.28. The minimum atomic E-state index is -0.00340. The van der Waals surface area contributed by atoms with Gasteiger partial charge >= 0.3 is 0 Å². The van der Waals surface area contributed by atoms with Crippen molar-refractivity contribution in [1.82, 2.24) is 10.6 Å². The molecule has 4 heteroatoms. The van der Waals surface area contributed by atoms with Crippen molar-refractivity contribution in [1.29, 1.82) is 0 Å². The van der Waals surface area contributed by atoms with E-state index in [2.05, 4.69) is 23.6 Å². The second kappa shape index (κ2) is 6.68. The summed E-state index contributed by atoms with van der Waals surface area (Å²) in [4.78, 5) is 12.1. The van der Waals surface area contributed by atoms with Crippen LogP contribution in [0.25, 0.3) is 0 Å². The Kier molecular flexibility index (Phi) is 4.93. The number of fused-ring (bicyclic) bond motifs is 1. The highest BCUT2D eigenvalue weighted by atomic mass is 16.5. The van der Waals surface area contributed by atoms with Crippen LogP contribution < -0.4 is 10.6 Å². The van der Waals surface area contributed by atoms with Crippen molar-refractivity contribution in [2.75, 3.05) is 26.8 Å². The Bertz CT molecular complexity index is 446. The molecule has 1 aliphatic rings. The Hall–Kier alpha value is -1.39. The lowest BCUT2D eigenvalue weighted by molar-refractivity contribution is 0.0934. The third kappa shape index (κ3) is 3.78. The summed E-state index contributed by atoms with van der Waals surface area (Å²) in [6.45, 7) is 5.24. The van der Waals surface area contributed by atoms with Crippen LogP contribution in [0.5, 0.6) is 0 Å². The van der Waals surface area contributed by atoms with Crippen molar-refractivity contribution >= 4 is 5.91 Å². The number of ether oxygens (including phenoxy) is 1. The zero-order valence-electron chi connectivity index (χ0n) is 11.7. The first-order chi connectivity index (χ1) is 9.20. The van der Waals surface area contributed by atoms with Crippen LogP contribution in [0, 0.1) is 5.92 Å². The van der Waals surface area contributed by atoms with E-state index >= 15 is 0 Å². The Labute approximate surface area is 114 Å². The first kappa shape index (κ1) is 14.0. The first-order valence-corrected chi connectivity index (χ1v) is 6.80. The van der Waals surface area contributed by atoms with Gasteiger partial charge in [-0.25, -0.2) is 0 Å². The number of rotatable bonds is 5. The van der Waals surface area contributed by atoms with E-state index in [9.17, 15) is 4.79 Å². The molecule has 2 N–H and O–H groups in total. The van der Waals surface area contributed by atoms with Gasteiger partial charge in [-0.05, 0) is 42.1 Å². The van der Waals surface area contributed by atoms with Crippen molar-refractivity contribution in [3.8, 4) is 0 Å². The average Bonchev–Trinajstić information content (AvgIpc) is 2.44. The number of benzene rings is 1. The molecule has 0 aromatic heterocycles. The van der Waals surface area contributed by atoms with Crippen molar-refractivity contribution in [3.05, 3.63) is 34.9 Å². The van der Waals surface area contributed by atoms with Gasteiger partial charge in [0.15, 0.2) is 0 Å². The van der Waals surface area contributed by atoms with Crippen LogP contribution >= 0.6 is 0 Å². The fourth-order valence-electron chi connectivity index (χ4n) is 2.33. The molecule has 19 heavy (non-hydrogen) atoms. The van der Waals surface area contributed by atoms with Crippen LogP contribution in [0.4, 0.5) is 0 Å². The average molecular weight is 262 g/mol. The topological polar surface area (TPSA) is 50.4 Å². The summed E-state index contributed by atoms with van der Waals surface area (Å²) >= 11 is 0. The number of carbonyl (C=O) groups excluding carboxylic acids is 1. The van der Waals surface area contributed by atoms with E-state index in [1.807, 2.05) is 12.1 Å². The largest absolute Gasteiger partial charge is 0.384 e. The van der Waals surface area contributed by atoms with Crippen LogP contribution in [-0.4, -0.2) is 32.7 Å². The molecule has 0 spiro atoms. The third-order valence-corrected chi connectivity index (χ3v) is 3.42. The number of carbonyl (C=O) groups is 1. The Morgan fingerprint density at radius 3 is 3.11 bits per heavy atom. The van der Waals surface area contributed by atoms with Crippen LogP contribution in [0.2, 0.25) is 0 Å². The van der Waals surface area contributed by atoms with E-state index in [1.165, 1.54) is 11.1 Å². The van der Waals surface area contributed by atoms with Crippen LogP contribution in [0.1, 0.15) is 28.4 Å². The zero-order valence-corrected chi connectivity index (χ0v) is 11.7. The van der Waals surface area contributed by atoms with Crippen LogP contribution in [-0.2, 0) is 17.7 Å². The molecule has 0 radical (unpaired) electrons. The van der Waals surface area contributed by atoms with Gasteiger partial charge in [0, 0.05) is 25.8 Å². The predicted octanol–water partition coefficient (Wildman–Crippen LogP) is 1.34. The number of amides is 1. The molecule has 1 aliphatic heterocycles. The standard InChI is InChI=1S/C15H22N2O2/c1-11(10-19-2)8-17-15(18)13-4-3-12-5-6-16-9-14(12)7-13/h3-4,7,11,16H,5-6,8-10H2,1-2H3,(H,17,18). The molecule has 0 bridgehead atoms. The molecule has 0 saturated carbocycles. The summed E-state index contributed by atoms with van der Waals surface area (Å²) in [6, 6.07) is 5.99. The van der Waals surface area contributed by atoms with E-state index in [0.717, 1.165) is 25.1 Å². The zero-order chi connectivity index (χ0) is 13.7. The summed E-state index contributed by atoms with van der Waals surface area (Å²) in [5.41, 5.74) is 3.33. The van der Waals surface area contributed by atoms with Gasteiger partial charge in [0.1, 0.15) is 0 Å². The van der Waals surface area contributed by atoms with Crippen molar-refractivity contribution < 1.29 is 9.53 Å². The Morgan fingerprint density at radius 1 is 1.47 bits per heavy atom. The molecule has 1 aromatic rings. The van der Waals surface area contributed by atoms with Gasteiger partial charge in [-0.3, -0.25) is 4.79 Å². The Morgan fingerprint density at radius 2 is 2.32 bits per heavy atom. The van der Waals surface area contributed by atoms with Crippen molar-refractivity contribution in [3.63, 3.8) is 0 Å². The summed E-state index contributed by atoms with van der Waals surface area (Å²) in [5.74, 6) is 0.324. The summed E-state index contributed by atoms with van der Waals surface area (Å²) in [6.07, 6.45) is 1.04. The molecular formula is C15H22N2O2. The molecule has 104 valence electrons. The smallest absolute Gasteiger partial charge is 0.251 e. The molecule has 1 heterocycles. The highest BCUT2D eigenvalue weighted by molar-refractivity contribution is 5.94. The van der Waals surface area contributed by atoms with E-state index in [0.29, 0.717) is 19.1 Å². The minimum absolute atomic E-state index is 0.00340. The molecule has 2 rings (SSSR count). The van der Waals surface area contributed by atoms with Gasteiger partial charge in [-0.15, -0.1) is 0 Å². The van der Waals surface area contributed by atoms with Crippen LogP contribution in [0.3, 0.4) is 0 Å². The number of hydrogen-bond acceptors (Lipinski definition) is 3. The molecule has 1 amide bonds. The van der Waals surface area contributed by atoms with Crippen molar-refractivity contribution in [2.24, 2.45) is 5.92 Å². The highest BCUT2D eigenvalue weighted by Crippen LogP contribution is 2.15. The summed E-state index contributed by atoms with van der Waals surface area (Å²) < 4.78 is 5.06. The van der Waals surface area contributed by atoms with Gasteiger partial charge < -0.3 is 15.4 Å². The van der Waals surface area contributed by atoms with Gasteiger partial charge in [0.05, 0.1) is 6.61 Å². The maximum atomic E-state index is 12.1. The molecule has 1 unspecified atom stereocenters. The fraction of sp³-hybridized carbons (Fsp3) is 0.533. The van der Waals surface area contributed by atoms with E-state index in [1.54, 1.807) is 7.11 Å². The molecule has 0 aliphatic carbocycles. The monoisotopic (exact) mass is 262 g/mol. The predicted molar refractivity (Wildman–Crippen MR) is 75.2 cm³/mol. The van der Waals surface area contributed by atoms with E-state index in [-0.39, 0.29) is 5.91 Å². The molecule has 0 fully saturated rings. The SMILES string of the molecule is COCC(C)CNC(=O)c1ccc2c(c1)CNCC2. The van der Waals surface area contributed by atoms with E-state index in [4.69, 9.17) is 4.74 Å². The number of methoxy groups -OCH3 is 1. The Balaban J connectivity index is 1.95. The number of nitrogens with one attached hydrogen (secondary N) is 2. The lowest BCUT2D eigenvalue weighted by Gasteiger charge is -2.18. The normalized spacial score (nSPS) is 15.7. The molecule has 0 saturated heterocycles. The van der Waals surface area contributed by atoms with Gasteiger partial charge in [-0.2, -0.15) is 0 Å². The fourth-order valence-corrected chi connectivity index (χ4v) is 2.33. The highest BCUT2D eigenvalue weighted by Gasteiger charge is 2.13. The van der Waals surface area contributed by atoms with Crippen molar-refractivity contribution in [2.45, 2.75) is 19.9 Å². The van der Waals surface area contributed by atoms with Gasteiger partial charge in [-0.1, -0.05) is 13.0 Å². The molecule has 1 atom stereocenters. The quantitative estimate of drug-likeness (QED) is 0.842. The molecular weight excluding hydrogens is 240 g/mol. The lowest BCUT2D eigenvalue weighted by Crippen LogP contribution is -2.30. The second-order valence-electron chi connectivity index (χ2n) is 5.18. The number of hydrogen-bond donors (Lipinski definition) is 2. The lowest BCUT2D eigenvalue weighted by atomic mass is 9.98. The minimum Gasteiger partial charge on any atom is -0.384 e. The molecule has 1 aromatic carbocycles. The van der Waals surface area contributed by atoms with Gasteiger partial charge in [0.2, 0.25) is 0 Å². The van der Waals surface area contributed by atoms with Crippen LogP contribution in [0.15, 0.2) is 18.2 Å². The first-order valence-electron chi connectivity index (χ1n) is 6.80. The second-order valence-corrected chi connectivity index (χ2v) is 5.18. The maximum absolute atomic E-state index is 12.1.